The first-order valence-electron chi connectivity index (χ1n) is 12.7. The Morgan fingerprint density at radius 3 is 2.65 bits per heavy atom. The van der Waals surface area contributed by atoms with E-state index in [4.69, 9.17) is 10.7 Å². The Morgan fingerprint density at radius 2 is 1.90 bits per heavy atom. The van der Waals surface area contributed by atoms with E-state index in [1.807, 2.05) is 11.4 Å². The number of piperidine rings is 1. The number of alkyl halides is 3. The number of ether oxygens (including phenoxy) is 1. The van der Waals surface area contributed by atoms with E-state index < -0.39 is 29.8 Å². The van der Waals surface area contributed by atoms with Crippen molar-refractivity contribution in [2.75, 3.05) is 18.0 Å². The lowest BCUT2D eigenvalue weighted by molar-refractivity contribution is -0.351. The van der Waals surface area contributed by atoms with Crippen molar-refractivity contribution in [2.24, 2.45) is 11.7 Å². The van der Waals surface area contributed by atoms with Crippen LogP contribution in [-0.4, -0.2) is 57.9 Å². The SMILES string of the molecule is CC(C)C1(N)CCN(c2nc(C3=C(c4c[nH]c5ccsc45)C(=O)NC3=O)c3ccccc3n2)CC1OC(F)(F)F. The van der Waals surface area contributed by atoms with Crippen LogP contribution in [0.1, 0.15) is 31.5 Å². The highest BCUT2D eigenvalue weighted by Gasteiger charge is 2.49. The molecular weight excluding hydrogens is 545 g/mol. The van der Waals surface area contributed by atoms with E-state index in [0.717, 1.165) is 10.2 Å². The molecule has 1 aromatic carbocycles. The van der Waals surface area contributed by atoms with Gasteiger partial charge in [0.25, 0.3) is 11.8 Å². The van der Waals surface area contributed by atoms with Gasteiger partial charge in [0.2, 0.25) is 5.95 Å². The van der Waals surface area contributed by atoms with Gasteiger partial charge in [-0.15, -0.1) is 24.5 Å². The number of nitrogens with zero attached hydrogens (tertiary/aromatic N) is 3. The molecular formula is C27H25F3N6O3S. The van der Waals surface area contributed by atoms with Gasteiger partial charge >= 0.3 is 6.36 Å². The molecule has 2 unspecified atom stereocenters. The highest BCUT2D eigenvalue weighted by Crippen LogP contribution is 2.40. The van der Waals surface area contributed by atoms with Crippen molar-refractivity contribution in [3.05, 3.63) is 53.2 Å². The number of aromatic amines is 1. The number of carbonyl (C=O) groups is 2. The first-order valence-corrected chi connectivity index (χ1v) is 13.5. The Bertz CT molecular complexity index is 1690. The molecule has 3 aromatic heterocycles. The number of benzene rings is 1. The predicted octanol–water partition coefficient (Wildman–Crippen LogP) is 4.21. The van der Waals surface area contributed by atoms with E-state index in [9.17, 15) is 22.8 Å². The van der Waals surface area contributed by atoms with Crippen molar-refractivity contribution >= 4 is 61.4 Å². The van der Waals surface area contributed by atoms with Gasteiger partial charge in [0.1, 0.15) is 6.10 Å². The highest BCUT2D eigenvalue weighted by atomic mass is 32.1. The molecule has 2 amide bonds. The van der Waals surface area contributed by atoms with Crippen LogP contribution in [0.25, 0.3) is 32.3 Å². The second kappa shape index (κ2) is 9.39. The van der Waals surface area contributed by atoms with Crippen LogP contribution < -0.4 is 16.0 Å². The maximum atomic E-state index is 13.4. The molecule has 0 bridgehead atoms. The van der Waals surface area contributed by atoms with Gasteiger partial charge in [-0.2, -0.15) is 0 Å². The third kappa shape index (κ3) is 4.34. The monoisotopic (exact) mass is 570 g/mol. The number of imide groups is 1. The number of amides is 2. The van der Waals surface area contributed by atoms with E-state index in [0.29, 0.717) is 16.5 Å². The first-order chi connectivity index (χ1) is 19.0. The minimum Gasteiger partial charge on any atom is -0.360 e. The molecule has 0 saturated carbocycles. The summed E-state index contributed by atoms with van der Waals surface area (Å²) in [5.74, 6) is -1.34. The van der Waals surface area contributed by atoms with Crippen LogP contribution >= 0.6 is 11.3 Å². The van der Waals surface area contributed by atoms with Crippen LogP contribution in [0, 0.1) is 5.92 Å². The Hall–Kier alpha value is -3.81. The van der Waals surface area contributed by atoms with Gasteiger partial charge in [-0.05, 0) is 29.9 Å². The molecule has 6 rings (SSSR count). The Morgan fingerprint density at radius 1 is 1.15 bits per heavy atom. The molecule has 208 valence electrons. The van der Waals surface area contributed by atoms with Crippen LogP contribution in [0.15, 0.2) is 41.9 Å². The fourth-order valence-electron chi connectivity index (χ4n) is 5.47. The van der Waals surface area contributed by atoms with Gasteiger partial charge in [0, 0.05) is 35.8 Å². The maximum Gasteiger partial charge on any atom is 0.522 e. The normalized spacial score (nSPS) is 22.3. The number of anilines is 1. The third-order valence-electron chi connectivity index (χ3n) is 7.74. The van der Waals surface area contributed by atoms with Gasteiger partial charge in [-0.25, -0.2) is 9.97 Å². The minimum atomic E-state index is -4.88. The first kappa shape index (κ1) is 26.4. The molecule has 0 spiro atoms. The largest absolute Gasteiger partial charge is 0.522 e. The number of aromatic nitrogens is 3. The number of nitrogens with two attached hydrogens (primary N) is 1. The Balaban J connectivity index is 1.50. The summed E-state index contributed by atoms with van der Waals surface area (Å²) in [5, 5.41) is 4.79. The quantitative estimate of drug-likeness (QED) is 0.307. The maximum absolute atomic E-state index is 13.4. The van der Waals surface area contributed by atoms with Crippen molar-refractivity contribution in [3.8, 4) is 0 Å². The second-order valence-electron chi connectivity index (χ2n) is 10.3. The average Bonchev–Trinajstić information content (AvgIpc) is 3.58. The lowest BCUT2D eigenvalue weighted by Crippen LogP contribution is -2.65. The summed E-state index contributed by atoms with van der Waals surface area (Å²) in [7, 11) is 0. The predicted molar refractivity (Wildman–Crippen MR) is 145 cm³/mol. The summed E-state index contributed by atoms with van der Waals surface area (Å²) in [6.07, 6.45) is -4.38. The summed E-state index contributed by atoms with van der Waals surface area (Å²) in [6, 6.07) is 8.86. The van der Waals surface area contributed by atoms with E-state index in [1.54, 1.807) is 49.2 Å². The molecule has 0 aliphatic carbocycles. The molecule has 2 atom stereocenters. The molecule has 2 aliphatic rings. The second-order valence-corrected chi connectivity index (χ2v) is 11.2. The van der Waals surface area contributed by atoms with Gasteiger partial charge in [0.05, 0.1) is 32.6 Å². The van der Waals surface area contributed by atoms with Crippen molar-refractivity contribution in [3.63, 3.8) is 0 Å². The standard InChI is InChI=1S/C27H25F3N6O3S/c1-13(2)26(31)8-9-36(12-18(26)39-27(28,29)30)25-33-16-6-4-3-5-14(16)21(34-25)20-19(23(37)35-24(20)38)15-11-32-17-7-10-40-22(15)17/h3-7,10-11,13,18,32H,8-9,12,31H2,1-2H3,(H,35,37,38). The number of rotatable bonds is 5. The number of carbonyl (C=O) groups excluding carboxylic acids is 2. The number of hydrogen-bond acceptors (Lipinski definition) is 8. The number of hydrogen-bond donors (Lipinski definition) is 3. The molecule has 4 N–H and O–H groups in total. The molecule has 40 heavy (non-hydrogen) atoms. The van der Waals surface area contributed by atoms with E-state index in [1.165, 1.54) is 11.3 Å². The molecule has 0 radical (unpaired) electrons. The number of halogens is 3. The molecule has 2 aliphatic heterocycles. The van der Waals surface area contributed by atoms with Crippen LogP contribution in [-0.2, 0) is 14.3 Å². The summed E-state index contributed by atoms with van der Waals surface area (Å²) < 4.78 is 45.5. The average molecular weight is 571 g/mol. The Labute approximate surface area is 230 Å². The van der Waals surface area contributed by atoms with Crippen molar-refractivity contribution in [2.45, 2.75) is 38.3 Å². The van der Waals surface area contributed by atoms with E-state index in [2.05, 4.69) is 20.0 Å². The lowest BCUT2D eigenvalue weighted by atomic mass is 9.77. The number of H-pyrrole nitrogens is 1. The summed E-state index contributed by atoms with van der Waals surface area (Å²) in [4.78, 5) is 40.3. The van der Waals surface area contributed by atoms with Crippen LogP contribution in [0.3, 0.4) is 0 Å². The van der Waals surface area contributed by atoms with Crippen LogP contribution in [0.5, 0.6) is 0 Å². The third-order valence-corrected chi connectivity index (χ3v) is 8.69. The number of thiophene rings is 1. The van der Waals surface area contributed by atoms with Gasteiger partial charge in [0.15, 0.2) is 0 Å². The van der Waals surface area contributed by atoms with Gasteiger partial charge in [-0.3, -0.25) is 19.6 Å². The molecule has 5 heterocycles. The molecule has 9 nitrogen and oxygen atoms in total. The smallest absolute Gasteiger partial charge is 0.360 e. The van der Waals surface area contributed by atoms with Crippen LogP contribution in [0.2, 0.25) is 0 Å². The molecule has 13 heteroatoms. The lowest BCUT2D eigenvalue weighted by Gasteiger charge is -2.47. The highest BCUT2D eigenvalue weighted by molar-refractivity contribution is 7.17. The van der Waals surface area contributed by atoms with Gasteiger partial charge < -0.3 is 15.6 Å². The zero-order valence-corrected chi connectivity index (χ0v) is 22.3. The van der Waals surface area contributed by atoms with Crippen molar-refractivity contribution in [1.82, 2.24) is 20.3 Å². The van der Waals surface area contributed by atoms with E-state index in [-0.39, 0.29) is 48.2 Å². The van der Waals surface area contributed by atoms with E-state index >= 15 is 0 Å². The van der Waals surface area contributed by atoms with Crippen molar-refractivity contribution < 1.29 is 27.5 Å². The molecule has 4 aromatic rings. The number of fused-ring (bicyclic) bond motifs is 2. The fourth-order valence-corrected chi connectivity index (χ4v) is 6.35. The summed E-state index contributed by atoms with van der Waals surface area (Å²) in [5.41, 5.74) is 7.57. The topological polar surface area (TPSA) is 126 Å². The number of nitrogens with one attached hydrogen (secondary N) is 2. The van der Waals surface area contributed by atoms with Gasteiger partial charge in [-0.1, -0.05) is 32.0 Å². The number of para-hydroxylation sites is 1. The summed E-state index contributed by atoms with van der Waals surface area (Å²) >= 11 is 1.43. The summed E-state index contributed by atoms with van der Waals surface area (Å²) in [6.45, 7) is 3.59. The fraction of sp³-hybridized carbons (Fsp3) is 0.333. The molecule has 1 saturated heterocycles. The Kier molecular flexibility index (Phi) is 6.20. The van der Waals surface area contributed by atoms with Crippen LogP contribution in [0.4, 0.5) is 19.1 Å². The zero-order valence-electron chi connectivity index (χ0n) is 21.5. The molecule has 1 fully saturated rings. The van der Waals surface area contributed by atoms with Crippen molar-refractivity contribution in [1.29, 1.82) is 0 Å². The minimum absolute atomic E-state index is 0.0783. The zero-order chi connectivity index (χ0) is 28.4.